The highest BCUT2D eigenvalue weighted by molar-refractivity contribution is 7.89. The Bertz CT molecular complexity index is 636. The van der Waals surface area contributed by atoms with Gasteiger partial charge in [-0.3, -0.25) is 4.79 Å². The molecule has 0 aromatic heterocycles. The average molecular weight is 312 g/mol. The lowest BCUT2D eigenvalue weighted by Gasteiger charge is -2.19. The summed E-state index contributed by atoms with van der Waals surface area (Å²) in [5, 5.41) is 8.01. The predicted octanol–water partition coefficient (Wildman–Crippen LogP) is 0.797. The van der Waals surface area contributed by atoms with Gasteiger partial charge in [0.1, 0.15) is 0 Å². The summed E-state index contributed by atoms with van der Waals surface area (Å²) in [5.74, 6) is -0.0144. The van der Waals surface area contributed by atoms with Crippen LogP contribution in [0.5, 0.6) is 0 Å². The number of rotatable bonds is 4. The lowest BCUT2D eigenvalue weighted by molar-refractivity contribution is 0.0922. The maximum Gasteiger partial charge on any atom is 0.251 e. The molecule has 21 heavy (non-hydrogen) atoms. The third-order valence-electron chi connectivity index (χ3n) is 3.67. The second-order valence-electron chi connectivity index (χ2n) is 5.47. The van der Waals surface area contributed by atoms with E-state index in [4.69, 9.17) is 9.88 Å². The highest BCUT2D eigenvalue weighted by Crippen LogP contribution is 2.18. The van der Waals surface area contributed by atoms with Crippen molar-refractivity contribution in [1.29, 1.82) is 0 Å². The van der Waals surface area contributed by atoms with Crippen LogP contribution in [0, 0.1) is 12.8 Å². The molecule has 1 aromatic carbocycles. The fourth-order valence-electron chi connectivity index (χ4n) is 2.40. The van der Waals surface area contributed by atoms with Crippen LogP contribution >= 0.6 is 0 Å². The molecule has 1 aliphatic heterocycles. The first-order valence-electron chi connectivity index (χ1n) is 6.80. The quantitative estimate of drug-likeness (QED) is 0.859. The van der Waals surface area contributed by atoms with Gasteiger partial charge in [-0.2, -0.15) is 0 Å². The van der Waals surface area contributed by atoms with E-state index >= 15 is 0 Å². The molecule has 1 fully saturated rings. The molecule has 1 amide bonds. The Morgan fingerprint density at radius 1 is 1.43 bits per heavy atom. The van der Waals surface area contributed by atoms with Gasteiger partial charge in [-0.05, 0) is 44.0 Å². The second kappa shape index (κ2) is 6.13. The Balaban J connectivity index is 2.17. The van der Waals surface area contributed by atoms with Crippen LogP contribution in [0.4, 0.5) is 0 Å². The summed E-state index contributed by atoms with van der Waals surface area (Å²) in [7, 11) is -3.83. The summed E-state index contributed by atoms with van der Waals surface area (Å²) in [5.41, 5.74) is 0.966. The molecule has 0 aliphatic carbocycles. The van der Waals surface area contributed by atoms with Gasteiger partial charge in [-0.15, -0.1) is 0 Å². The third kappa shape index (κ3) is 4.03. The zero-order valence-electron chi connectivity index (χ0n) is 12.1. The van der Waals surface area contributed by atoms with Gasteiger partial charge in [0.2, 0.25) is 10.0 Å². The van der Waals surface area contributed by atoms with E-state index in [1.54, 1.807) is 13.0 Å². The van der Waals surface area contributed by atoms with E-state index in [9.17, 15) is 13.2 Å². The van der Waals surface area contributed by atoms with Gasteiger partial charge >= 0.3 is 0 Å². The number of ether oxygens (including phenoxy) is 1. The van der Waals surface area contributed by atoms with Gasteiger partial charge in [0.15, 0.2) is 0 Å². The molecular formula is C14H20N2O4S. The van der Waals surface area contributed by atoms with Crippen molar-refractivity contribution in [1.82, 2.24) is 5.32 Å². The van der Waals surface area contributed by atoms with Crippen molar-refractivity contribution in [2.24, 2.45) is 11.1 Å². The van der Waals surface area contributed by atoms with Gasteiger partial charge in [-0.1, -0.05) is 0 Å². The Morgan fingerprint density at radius 2 is 2.14 bits per heavy atom. The van der Waals surface area contributed by atoms with Crippen LogP contribution in [0.1, 0.15) is 29.3 Å². The average Bonchev–Trinajstić information content (AvgIpc) is 2.90. The van der Waals surface area contributed by atoms with Crippen molar-refractivity contribution in [2.45, 2.75) is 31.2 Å². The van der Waals surface area contributed by atoms with Crippen LogP contribution in [0.25, 0.3) is 0 Å². The minimum atomic E-state index is -3.83. The number of carbonyl (C=O) groups excluding carboxylic acids is 1. The molecule has 1 aromatic rings. The zero-order valence-corrected chi connectivity index (χ0v) is 12.9. The van der Waals surface area contributed by atoms with Gasteiger partial charge in [0.05, 0.1) is 11.5 Å². The van der Waals surface area contributed by atoms with E-state index in [1.165, 1.54) is 12.1 Å². The normalized spacial score (nSPS) is 20.2. The van der Waals surface area contributed by atoms with Crippen molar-refractivity contribution >= 4 is 15.9 Å². The third-order valence-corrected chi connectivity index (χ3v) is 4.57. The van der Waals surface area contributed by atoms with Crippen LogP contribution < -0.4 is 10.5 Å². The molecule has 7 heteroatoms. The van der Waals surface area contributed by atoms with E-state index in [0.717, 1.165) is 6.42 Å². The van der Waals surface area contributed by atoms with E-state index < -0.39 is 10.0 Å². The molecule has 1 heterocycles. The smallest absolute Gasteiger partial charge is 0.251 e. The summed E-state index contributed by atoms with van der Waals surface area (Å²) < 4.78 is 28.1. The van der Waals surface area contributed by atoms with Crippen molar-refractivity contribution in [2.75, 3.05) is 13.2 Å². The van der Waals surface area contributed by atoms with Crippen LogP contribution in [0.2, 0.25) is 0 Å². The number of nitrogens with two attached hydrogens (primary N) is 1. The van der Waals surface area contributed by atoms with Crippen molar-refractivity contribution < 1.29 is 17.9 Å². The number of hydrogen-bond donors (Lipinski definition) is 2. The number of primary sulfonamides is 1. The first kappa shape index (κ1) is 15.9. The fraction of sp³-hybridized carbons (Fsp3) is 0.500. The molecule has 0 bridgehead atoms. The molecule has 0 radical (unpaired) electrons. The topological polar surface area (TPSA) is 98.5 Å². The van der Waals surface area contributed by atoms with Crippen LogP contribution in [-0.4, -0.2) is 33.6 Å². The molecule has 2 atom stereocenters. The molecule has 6 nitrogen and oxygen atoms in total. The highest BCUT2D eigenvalue weighted by Gasteiger charge is 2.24. The van der Waals surface area contributed by atoms with E-state index in [0.29, 0.717) is 24.3 Å². The number of aryl methyl sites for hydroxylation is 1. The number of carbonyl (C=O) groups is 1. The highest BCUT2D eigenvalue weighted by atomic mass is 32.2. The lowest BCUT2D eigenvalue weighted by Crippen LogP contribution is -2.38. The summed E-state index contributed by atoms with van der Waals surface area (Å²) >= 11 is 0. The molecule has 0 spiro atoms. The molecule has 2 rings (SSSR count). The fourth-order valence-corrected chi connectivity index (χ4v) is 3.04. The number of amides is 1. The largest absolute Gasteiger partial charge is 0.381 e. The van der Waals surface area contributed by atoms with Crippen molar-refractivity contribution in [3.63, 3.8) is 0 Å². The Hall–Kier alpha value is -1.44. The van der Waals surface area contributed by atoms with Crippen LogP contribution in [0.3, 0.4) is 0 Å². The van der Waals surface area contributed by atoms with Crippen LogP contribution in [-0.2, 0) is 14.8 Å². The van der Waals surface area contributed by atoms with Crippen LogP contribution in [0.15, 0.2) is 23.1 Å². The molecule has 1 aliphatic rings. The SMILES string of the molecule is Cc1cc(C(=O)NC(C)C2CCOC2)cc(S(N)(=O)=O)c1. The van der Waals surface area contributed by atoms with E-state index in [-0.39, 0.29) is 22.8 Å². The minimum absolute atomic E-state index is 0.0292. The lowest BCUT2D eigenvalue weighted by atomic mass is 10.0. The molecule has 3 N–H and O–H groups in total. The monoisotopic (exact) mass is 312 g/mol. The standard InChI is InChI=1S/C14H20N2O4S/c1-9-5-12(7-13(6-9)21(15,18)19)14(17)16-10(2)11-3-4-20-8-11/h5-7,10-11H,3-4,8H2,1-2H3,(H,16,17)(H2,15,18,19). The Labute approximate surface area is 124 Å². The maximum absolute atomic E-state index is 12.3. The Kier molecular flexibility index (Phi) is 4.65. The summed E-state index contributed by atoms with van der Waals surface area (Å²) in [6, 6.07) is 4.36. The Morgan fingerprint density at radius 3 is 2.71 bits per heavy atom. The summed E-state index contributed by atoms with van der Waals surface area (Å²) in [6.07, 6.45) is 0.914. The second-order valence-corrected chi connectivity index (χ2v) is 7.03. The predicted molar refractivity (Wildman–Crippen MR) is 78.4 cm³/mol. The first-order valence-corrected chi connectivity index (χ1v) is 8.35. The minimum Gasteiger partial charge on any atom is -0.381 e. The first-order chi connectivity index (χ1) is 9.77. The maximum atomic E-state index is 12.3. The number of benzene rings is 1. The van der Waals surface area contributed by atoms with Gasteiger partial charge in [0.25, 0.3) is 5.91 Å². The number of nitrogens with one attached hydrogen (secondary N) is 1. The van der Waals surface area contributed by atoms with Gasteiger partial charge in [0, 0.05) is 24.1 Å². The van der Waals surface area contributed by atoms with E-state index in [1.807, 2.05) is 6.92 Å². The van der Waals surface area contributed by atoms with Gasteiger partial charge < -0.3 is 10.1 Å². The number of hydrogen-bond acceptors (Lipinski definition) is 4. The summed E-state index contributed by atoms with van der Waals surface area (Å²) in [6.45, 7) is 5.00. The molecule has 1 saturated heterocycles. The molecule has 116 valence electrons. The van der Waals surface area contributed by atoms with E-state index in [2.05, 4.69) is 5.32 Å². The van der Waals surface area contributed by atoms with Crippen molar-refractivity contribution in [3.05, 3.63) is 29.3 Å². The van der Waals surface area contributed by atoms with Crippen molar-refractivity contribution in [3.8, 4) is 0 Å². The number of sulfonamides is 1. The molecule has 0 saturated carbocycles. The molecule has 2 unspecified atom stereocenters. The molecular weight excluding hydrogens is 292 g/mol. The summed E-state index contributed by atoms with van der Waals surface area (Å²) in [4.78, 5) is 12.2. The van der Waals surface area contributed by atoms with Gasteiger partial charge in [-0.25, -0.2) is 13.6 Å². The zero-order chi connectivity index (χ0) is 15.6.